The Labute approximate surface area is 94.5 Å². The Morgan fingerprint density at radius 2 is 2.00 bits per heavy atom. The van der Waals surface area contributed by atoms with E-state index in [0.717, 1.165) is 5.56 Å². The fourth-order valence-corrected chi connectivity index (χ4v) is 2.04. The van der Waals surface area contributed by atoms with E-state index in [2.05, 4.69) is 0 Å². The van der Waals surface area contributed by atoms with Crippen molar-refractivity contribution in [3.05, 3.63) is 35.6 Å². The minimum absolute atomic E-state index is 0.0352. The van der Waals surface area contributed by atoms with Crippen LogP contribution in [0.5, 0.6) is 0 Å². The van der Waals surface area contributed by atoms with Crippen molar-refractivity contribution in [2.45, 2.75) is 13.0 Å². The van der Waals surface area contributed by atoms with Crippen LogP contribution in [-0.2, 0) is 0 Å². The molecule has 1 unspecified atom stereocenters. The van der Waals surface area contributed by atoms with Gasteiger partial charge in [0.2, 0.25) is 0 Å². The van der Waals surface area contributed by atoms with E-state index in [4.69, 9.17) is 0 Å². The molecule has 0 aliphatic carbocycles. The van der Waals surface area contributed by atoms with Gasteiger partial charge in [0.25, 0.3) is 0 Å². The number of likely N-dealkylation sites (N-methyl/N-ethyl adjacent to an activating group) is 2. The molecule has 0 N–H and O–H groups in total. The number of carbonyl (C=O) groups excluding carboxylic acids is 1. The molecule has 0 spiro atoms. The van der Waals surface area contributed by atoms with E-state index in [-0.39, 0.29) is 17.9 Å². The highest BCUT2D eigenvalue weighted by molar-refractivity contribution is 5.77. The number of urea groups is 1. The summed E-state index contributed by atoms with van der Waals surface area (Å²) in [5.74, 6) is -0.247. The molecule has 1 saturated heterocycles. The average Bonchev–Trinajstić information content (AvgIpc) is 2.57. The van der Waals surface area contributed by atoms with Crippen molar-refractivity contribution >= 4 is 6.03 Å². The summed E-state index contributed by atoms with van der Waals surface area (Å²) in [6.45, 7) is 3.34. The Hall–Kier alpha value is -1.58. The highest BCUT2D eigenvalue weighted by Crippen LogP contribution is 2.27. The normalized spacial score (nSPS) is 20.7. The second-order valence-corrected chi connectivity index (χ2v) is 4.00. The largest absolute Gasteiger partial charge is 0.323 e. The molecule has 0 bridgehead atoms. The first-order chi connectivity index (χ1) is 7.63. The first kappa shape index (κ1) is 10.9. The highest BCUT2D eigenvalue weighted by atomic mass is 19.1. The summed E-state index contributed by atoms with van der Waals surface area (Å²) < 4.78 is 12.8. The van der Waals surface area contributed by atoms with Gasteiger partial charge in [-0.1, -0.05) is 12.1 Å². The monoisotopic (exact) mass is 222 g/mol. The van der Waals surface area contributed by atoms with Gasteiger partial charge in [-0.3, -0.25) is 0 Å². The summed E-state index contributed by atoms with van der Waals surface area (Å²) in [7, 11) is 1.78. The van der Waals surface area contributed by atoms with Gasteiger partial charge in [0.15, 0.2) is 0 Å². The number of carbonyl (C=O) groups is 1. The molecule has 1 aliphatic heterocycles. The number of benzene rings is 1. The van der Waals surface area contributed by atoms with Crippen LogP contribution in [-0.4, -0.2) is 36.0 Å². The minimum atomic E-state index is -0.247. The van der Waals surface area contributed by atoms with Crippen LogP contribution in [0.1, 0.15) is 18.5 Å². The molecule has 1 heterocycles. The average molecular weight is 222 g/mol. The maximum absolute atomic E-state index is 12.8. The van der Waals surface area contributed by atoms with Crippen molar-refractivity contribution in [1.82, 2.24) is 9.80 Å². The van der Waals surface area contributed by atoms with Crippen LogP contribution < -0.4 is 0 Å². The van der Waals surface area contributed by atoms with Gasteiger partial charge in [-0.2, -0.15) is 0 Å². The molecule has 0 radical (unpaired) electrons. The minimum Gasteiger partial charge on any atom is -0.323 e. The first-order valence-corrected chi connectivity index (χ1v) is 5.40. The molecule has 1 atom stereocenters. The van der Waals surface area contributed by atoms with Gasteiger partial charge in [-0.15, -0.1) is 0 Å². The lowest BCUT2D eigenvalue weighted by Gasteiger charge is -2.17. The third-order valence-corrected chi connectivity index (χ3v) is 3.07. The van der Waals surface area contributed by atoms with Gasteiger partial charge in [0.05, 0.1) is 6.04 Å². The molecule has 86 valence electrons. The predicted octanol–water partition coefficient (Wildman–Crippen LogP) is 2.25. The van der Waals surface area contributed by atoms with Crippen LogP contribution in [0.4, 0.5) is 9.18 Å². The SMILES string of the molecule is CCN1CC(c2ccc(F)cc2)N(C)C1=O. The molecule has 1 aromatic carbocycles. The van der Waals surface area contributed by atoms with Gasteiger partial charge < -0.3 is 9.80 Å². The van der Waals surface area contributed by atoms with Crippen LogP contribution in [0.15, 0.2) is 24.3 Å². The third-order valence-electron chi connectivity index (χ3n) is 3.07. The third kappa shape index (κ3) is 1.75. The van der Waals surface area contributed by atoms with Crippen molar-refractivity contribution in [3.63, 3.8) is 0 Å². The molecule has 2 rings (SSSR count). The summed E-state index contributed by atoms with van der Waals surface area (Å²) in [5.41, 5.74) is 0.980. The van der Waals surface area contributed by atoms with Gasteiger partial charge in [-0.05, 0) is 24.6 Å². The molecule has 3 nitrogen and oxygen atoms in total. The van der Waals surface area contributed by atoms with Crippen molar-refractivity contribution in [1.29, 1.82) is 0 Å². The van der Waals surface area contributed by atoms with Crippen molar-refractivity contribution < 1.29 is 9.18 Å². The lowest BCUT2D eigenvalue weighted by molar-refractivity contribution is 0.197. The molecule has 4 heteroatoms. The van der Waals surface area contributed by atoms with Crippen LogP contribution >= 0.6 is 0 Å². The van der Waals surface area contributed by atoms with Gasteiger partial charge in [-0.25, -0.2) is 9.18 Å². The van der Waals surface area contributed by atoms with Crippen molar-refractivity contribution in [2.24, 2.45) is 0 Å². The van der Waals surface area contributed by atoms with E-state index in [0.29, 0.717) is 13.1 Å². The Morgan fingerprint density at radius 3 is 2.50 bits per heavy atom. The fourth-order valence-electron chi connectivity index (χ4n) is 2.04. The summed E-state index contributed by atoms with van der Waals surface area (Å²) in [5, 5.41) is 0. The Bertz CT molecular complexity index is 391. The quantitative estimate of drug-likeness (QED) is 0.752. The zero-order valence-electron chi connectivity index (χ0n) is 9.48. The van der Waals surface area contributed by atoms with Gasteiger partial charge >= 0.3 is 6.03 Å². The second-order valence-electron chi connectivity index (χ2n) is 4.00. The van der Waals surface area contributed by atoms with Crippen LogP contribution in [0.3, 0.4) is 0 Å². The van der Waals surface area contributed by atoms with E-state index >= 15 is 0 Å². The summed E-state index contributed by atoms with van der Waals surface area (Å²) in [6.07, 6.45) is 0. The van der Waals surface area contributed by atoms with E-state index < -0.39 is 0 Å². The molecule has 2 amide bonds. The Balaban J connectivity index is 2.23. The zero-order valence-corrected chi connectivity index (χ0v) is 9.48. The Kier molecular flexibility index (Phi) is 2.81. The van der Waals surface area contributed by atoms with E-state index in [1.54, 1.807) is 29.0 Å². The molecule has 0 saturated carbocycles. The molecular weight excluding hydrogens is 207 g/mol. The summed E-state index contributed by atoms with van der Waals surface area (Å²) in [4.78, 5) is 15.3. The topological polar surface area (TPSA) is 23.6 Å². The van der Waals surface area contributed by atoms with Crippen LogP contribution in [0.2, 0.25) is 0 Å². The molecule has 1 aromatic rings. The summed E-state index contributed by atoms with van der Waals surface area (Å²) in [6, 6.07) is 6.42. The first-order valence-electron chi connectivity index (χ1n) is 5.40. The smallest absolute Gasteiger partial charge is 0.320 e. The van der Waals surface area contributed by atoms with Crippen molar-refractivity contribution in [2.75, 3.05) is 20.1 Å². The predicted molar refractivity (Wildman–Crippen MR) is 59.5 cm³/mol. The van der Waals surface area contributed by atoms with Gasteiger partial charge in [0.1, 0.15) is 5.82 Å². The molecular formula is C12H15FN2O. The van der Waals surface area contributed by atoms with E-state index in [9.17, 15) is 9.18 Å². The number of hydrogen-bond acceptors (Lipinski definition) is 1. The van der Waals surface area contributed by atoms with Crippen molar-refractivity contribution in [3.8, 4) is 0 Å². The lowest BCUT2D eigenvalue weighted by atomic mass is 10.1. The number of halogens is 1. The molecule has 0 aromatic heterocycles. The zero-order chi connectivity index (χ0) is 11.7. The lowest BCUT2D eigenvalue weighted by Crippen LogP contribution is -2.29. The summed E-state index contributed by atoms with van der Waals surface area (Å²) >= 11 is 0. The maximum atomic E-state index is 12.8. The molecule has 1 aliphatic rings. The number of nitrogens with zero attached hydrogens (tertiary/aromatic N) is 2. The fraction of sp³-hybridized carbons (Fsp3) is 0.417. The Morgan fingerprint density at radius 1 is 1.38 bits per heavy atom. The van der Waals surface area contributed by atoms with Crippen LogP contribution in [0.25, 0.3) is 0 Å². The van der Waals surface area contributed by atoms with Crippen LogP contribution in [0, 0.1) is 5.82 Å². The number of amides is 2. The van der Waals surface area contributed by atoms with Gasteiger partial charge in [0, 0.05) is 20.1 Å². The number of hydrogen-bond donors (Lipinski definition) is 0. The van der Waals surface area contributed by atoms with E-state index in [1.165, 1.54) is 12.1 Å². The number of rotatable bonds is 2. The second kappa shape index (κ2) is 4.12. The maximum Gasteiger partial charge on any atom is 0.320 e. The standard InChI is InChI=1S/C12H15FN2O/c1-3-15-8-11(14(2)12(15)16)9-4-6-10(13)7-5-9/h4-7,11H,3,8H2,1-2H3. The molecule has 16 heavy (non-hydrogen) atoms. The molecule has 1 fully saturated rings. The van der Waals surface area contributed by atoms with E-state index in [1.807, 2.05) is 6.92 Å². The highest BCUT2D eigenvalue weighted by Gasteiger charge is 2.34.